The van der Waals surface area contributed by atoms with Gasteiger partial charge in [0.05, 0.1) is 6.54 Å². The maximum absolute atomic E-state index is 13.7. The zero-order valence-electron chi connectivity index (χ0n) is 19.0. The molecule has 1 saturated heterocycles. The van der Waals surface area contributed by atoms with Gasteiger partial charge in [-0.1, -0.05) is 18.6 Å². The molecule has 0 saturated carbocycles. The van der Waals surface area contributed by atoms with Gasteiger partial charge in [-0.15, -0.1) is 0 Å². The number of hydrogen-bond acceptors (Lipinski definition) is 5. The summed E-state index contributed by atoms with van der Waals surface area (Å²) in [5, 5.41) is 5.56. The fraction of sp³-hybridized carbons (Fsp3) is 0.458. The summed E-state index contributed by atoms with van der Waals surface area (Å²) in [6.45, 7) is 4.55. The van der Waals surface area contributed by atoms with Crippen molar-refractivity contribution in [3.8, 4) is 0 Å². The van der Waals surface area contributed by atoms with Gasteiger partial charge in [-0.2, -0.15) is 0 Å². The van der Waals surface area contributed by atoms with E-state index in [4.69, 9.17) is 5.73 Å². The summed E-state index contributed by atoms with van der Waals surface area (Å²) >= 11 is 0. The standard InChI is InChI=1S/C24H31F2N5O2/c1-15-4-3-5-16(2)31(15)14-23(32)30-21(11-17-6-8-19(25)20(26)10-17)24(33)29-13-18-7-9-22(27)28-12-18/h6-10,12,15-16,21H,3-5,11,13-14H2,1-2H3,(H2,27,28)(H,29,33)(H,30,32). The topological polar surface area (TPSA) is 100 Å². The molecule has 1 fully saturated rings. The van der Waals surface area contributed by atoms with Gasteiger partial charge in [0.1, 0.15) is 11.9 Å². The first-order valence-electron chi connectivity index (χ1n) is 11.2. The lowest BCUT2D eigenvalue weighted by Gasteiger charge is -2.38. The van der Waals surface area contributed by atoms with E-state index in [0.717, 1.165) is 37.0 Å². The molecule has 2 heterocycles. The Morgan fingerprint density at radius 1 is 1.12 bits per heavy atom. The second kappa shape index (κ2) is 11.2. The molecule has 0 bridgehead atoms. The molecule has 3 rings (SSSR count). The number of nitrogen functional groups attached to an aromatic ring is 1. The first-order chi connectivity index (χ1) is 15.7. The van der Waals surface area contributed by atoms with Crippen LogP contribution in [-0.2, 0) is 22.6 Å². The predicted molar refractivity (Wildman–Crippen MR) is 122 cm³/mol. The largest absolute Gasteiger partial charge is 0.384 e. The van der Waals surface area contributed by atoms with E-state index >= 15 is 0 Å². The van der Waals surface area contributed by atoms with Gasteiger partial charge in [-0.3, -0.25) is 14.5 Å². The third-order valence-corrected chi connectivity index (χ3v) is 6.09. The Kier molecular flexibility index (Phi) is 8.32. The van der Waals surface area contributed by atoms with E-state index in [9.17, 15) is 18.4 Å². The van der Waals surface area contributed by atoms with E-state index in [1.165, 1.54) is 6.07 Å². The van der Waals surface area contributed by atoms with Crippen molar-refractivity contribution >= 4 is 17.6 Å². The minimum atomic E-state index is -0.998. The molecule has 33 heavy (non-hydrogen) atoms. The summed E-state index contributed by atoms with van der Waals surface area (Å²) in [5.74, 6) is -2.30. The predicted octanol–water partition coefficient (Wildman–Crippen LogP) is 2.55. The van der Waals surface area contributed by atoms with Crippen LogP contribution >= 0.6 is 0 Å². The Morgan fingerprint density at radius 2 is 1.82 bits per heavy atom. The molecular weight excluding hydrogens is 428 g/mol. The summed E-state index contributed by atoms with van der Waals surface area (Å²) in [7, 11) is 0. The van der Waals surface area contributed by atoms with Crippen LogP contribution in [0.15, 0.2) is 36.5 Å². The van der Waals surface area contributed by atoms with Gasteiger partial charge in [0.15, 0.2) is 11.6 Å². The van der Waals surface area contributed by atoms with Crippen molar-refractivity contribution in [1.82, 2.24) is 20.5 Å². The SMILES string of the molecule is CC1CCCC(C)N1CC(=O)NC(Cc1ccc(F)c(F)c1)C(=O)NCc1ccc(N)nc1. The minimum Gasteiger partial charge on any atom is -0.384 e. The van der Waals surface area contributed by atoms with Gasteiger partial charge < -0.3 is 16.4 Å². The highest BCUT2D eigenvalue weighted by Crippen LogP contribution is 2.22. The van der Waals surface area contributed by atoms with Crippen LogP contribution in [0.3, 0.4) is 0 Å². The van der Waals surface area contributed by atoms with E-state index in [2.05, 4.69) is 34.4 Å². The first-order valence-corrected chi connectivity index (χ1v) is 11.2. The zero-order valence-corrected chi connectivity index (χ0v) is 19.0. The molecular formula is C24H31F2N5O2. The van der Waals surface area contributed by atoms with Gasteiger partial charge in [0, 0.05) is 31.2 Å². The van der Waals surface area contributed by atoms with E-state index in [1.54, 1.807) is 18.3 Å². The lowest BCUT2D eigenvalue weighted by atomic mass is 9.97. The number of aromatic nitrogens is 1. The molecule has 1 aromatic carbocycles. The van der Waals surface area contributed by atoms with Crippen LogP contribution in [0.2, 0.25) is 0 Å². The fourth-order valence-corrected chi connectivity index (χ4v) is 4.16. The number of halogens is 2. The van der Waals surface area contributed by atoms with Crippen LogP contribution in [0, 0.1) is 11.6 Å². The normalized spacial score (nSPS) is 19.6. The second-order valence-electron chi connectivity index (χ2n) is 8.68. The molecule has 1 aromatic heterocycles. The summed E-state index contributed by atoms with van der Waals surface area (Å²) in [6, 6.07) is 6.43. The highest BCUT2D eigenvalue weighted by Gasteiger charge is 2.28. The number of amides is 2. The number of nitrogens with one attached hydrogen (secondary N) is 2. The van der Waals surface area contributed by atoms with Crippen molar-refractivity contribution in [2.24, 2.45) is 0 Å². The number of nitrogens with zero attached hydrogens (tertiary/aromatic N) is 2. The van der Waals surface area contributed by atoms with E-state index < -0.39 is 23.6 Å². The summed E-state index contributed by atoms with van der Waals surface area (Å²) in [4.78, 5) is 31.9. The number of hydrogen-bond donors (Lipinski definition) is 3. The molecule has 0 spiro atoms. The second-order valence-corrected chi connectivity index (χ2v) is 8.68. The van der Waals surface area contributed by atoms with Crippen molar-refractivity contribution in [1.29, 1.82) is 0 Å². The van der Waals surface area contributed by atoms with Crippen molar-refractivity contribution < 1.29 is 18.4 Å². The molecule has 3 atom stereocenters. The lowest BCUT2D eigenvalue weighted by molar-refractivity contribution is -0.130. The van der Waals surface area contributed by atoms with Crippen molar-refractivity contribution in [2.75, 3.05) is 12.3 Å². The first kappa shape index (κ1) is 24.6. The lowest BCUT2D eigenvalue weighted by Crippen LogP contribution is -2.53. The van der Waals surface area contributed by atoms with E-state index in [1.807, 2.05) is 0 Å². The number of rotatable bonds is 8. The molecule has 0 radical (unpaired) electrons. The number of nitrogens with two attached hydrogens (primary N) is 1. The Balaban J connectivity index is 1.69. The Hall–Kier alpha value is -3.07. The average molecular weight is 460 g/mol. The number of likely N-dealkylation sites (tertiary alicyclic amines) is 1. The Morgan fingerprint density at radius 3 is 2.45 bits per heavy atom. The summed E-state index contributed by atoms with van der Waals surface area (Å²) in [5.41, 5.74) is 6.73. The van der Waals surface area contributed by atoms with Gasteiger partial charge in [-0.25, -0.2) is 13.8 Å². The maximum Gasteiger partial charge on any atom is 0.243 e. The minimum absolute atomic E-state index is 0.0276. The number of carbonyl (C=O) groups excluding carboxylic acids is 2. The third-order valence-electron chi connectivity index (χ3n) is 6.09. The Labute approximate surface area is 192 Å². The van der Waals surface area contributed by atoms with Crippen molar-refractivity contribution in [2.45, 2.75) is 64.2 Å². The maximum atomic E-state index is 13.7. The van der Waals surface area contributed by atoms with Crippen molar-refractivity contribution in [3.63, 3.8) is 0 Å². The molecule has 1 aliphatic heterocycles. The van der Waals surface area contributed by atoms with Gasteiger partial charge in [0.2, 0.25) is 11.8 Å². The van der Waals surface area contributed by atoms with Crippen LogP contribution in [0.5, 0.6) is 0 Å². The molecule has 2 amide bonds. The molecule has 0 aliphatic carbocycles. The molecule has 3 unspecified atom stereocenters. The quantitative estimate of drug-likeness (QED) is 0.563. The van der Waals surface area contributed by atoms with Crippen LogP contribution in [0.1, 0.15) is 44.2 Å². The highest BCUT2D eigenvalue weighted by molar-refractivity contribution is 5.88. The zero-order chi connectivity index (χ0) is 24.0. The number of piperidine rings is 1. The number of anilines is 1. The van der Waals surface area contributed by atoms with Gasteiger partial charge in [0.25, 0.3) is 0 Å². The molecule has 178 valence electrons. The molecule has 7 nitrogen and oxygen atoms in total. The number of carbonyl (C=O) groups is 2. The molecule has 2 aromatic rings. The molecule has 4 N–H and O–H groups in total. The summed E-state index contributed by atoms with van der Waals surface area (Å²) in [6.07, 6.45) is 4.75. The molecule has 9 heteroatoms. The van der Waals surface area contributed by atoms with Crippen LogP contribution < -0.4 is 16.4 Å². The fourth-order valence-electron chi connectivity index (χ4n) is 4.16. The average Bonchev–Trinajstić information content (AvgIpc) is 2.78. The Bertz CT molecular complexity index is 960. The smallest absolute Gasteiger partial charge is 0.243 e. The van der Waals surface area contributed by atoms with Crippen molar-refractivity contribution in [3.05, 3.63) is 59.3 Å². The van der Waals surface area contributed by atoms with Crippen LogP contribution in [0.4, 0.5) is 14.6 Å². The van der Waals surface area contributed by atoms with Gasteiger partial charge >= 0.3 is 0 Å². The van der Waals surface area contributed by atoms with E-state index in [-0.39, 0.29) is 37.5 Å². The number of benzene rings is 1. The molecule has 1 aliphatic rings. The van der Waals surface area contributed by atoms with E-state index in [0.29, 0.717) is 11.4 Å². The summed E-state index contributed by atoms with van der Waals surface area (Å²) < 4.78 is 27.0. The van der Waals surface area contributed by atoms with Gasteiger partial charge in [-0.05, 0) is 56.0 Å². The number of pyridine rings is 1. The van der Waals surface area contributed by atoms with Crippen LogP contribution in [0.25, 0.3) is 0 Å². The highest BCUT2D eigenvalue weighted by atomic mass is 19.2. The monoisotopic (exact) mass is 459 g/mol. The third kappa shape index (κ3) is 6.95. The van der Waals surface area contributed by atoms with Crippen LogP contribution in [-0.4, -0.2) is 46.4 Å².